The van der Waals surface area contributed by atoms with E-state index in [0.29, 0.717) is 0 Å². The fourth-order valence-electron chi connectivity index (χ4n) is 2.13. The van der Waals surface area contributed by atoms with Crippen LogP contribution in [0, 0.1) is 6.92 Å². The number of rotatable bonds is 3. The molecule has 0 radical (unpaired) electrons. The molecule has 3 aromatic rings. The van der Waals surface area contributed by atoms with Gasteiger partial charge >= 0.3 is 0 Å². The maximum absolute atomic E-state index is 11.4. The molecular formula is C16H15N3OS. The molecule has 1 unspecified atom stereocenters. The zero-order chi connectivity index (χ0) is 14.8. The Morgan fingerprint density at radius 1 is 1.05 bits per heavy atom. The van der Waals surface area contributed by atoms with E-state index in [9.17, 15) is 4.21 Å². The van der Waals surface area contributed by atoms with Gasteiger partial charge < -0.3 is 4.98 Å². The van der Waals surface area contributed by atoms with E-state index in [1.54, 1.807) is 12.5 Å². The molecule has 4 nitrogen and oxygen atoms in total. The van der Waals surface area contributed by atoms with Gasteiger partial charge in [0.1, 0.15) is 5.82 Å². The molecule has 21 heavy (non-hydrogen) atoms. The first-order chi connectivity index (χ1) is 10.1. The van der Waals surface area contributed by atoms with Gasteiger partial charge in [0.15, 0.2) is 0 Å². The number of aryl methyl sites for hydroxylation is 1. The van der Waals surface area contributed by atoms with Crippen molar-refractivity contribution in [3.63, 3.8) is 0 Å². The van der Waals surface area contributed by atoms with Gasteiger partial charge in [-0.2, -0.15) is 0 Å². The minimum Gasteiger partial charge on any atom is -0.338 e. The quantitative estimate of drug-likeness (QED) is 0.807. The van der Waals surface area contributed by atoms with Crippen LogP contribution in [-0.4, -0.2) is 25.4 Å². The van der Waals surface area contributed by atoms with E-state index >= 15 is 0 Å². The smallest absolute Gasteiger partial charge is 0.137 e. The Kier molecular flexibility index (Phi) is 3.66. The molecule has 0 fully saturated rings. The number of hydrogen-bond donors (Lipinski definition) is 1. The fraction of sp³-hybridized carbons (Fsp3) is 0.125. The summed E-state index contributed by atoms with van der Waals surface area (Å²) in [6.45, 7) is 1.96. The molecule has 2 aromatic heterocycles. The van der Waals surface area contributed by atoms with E-state index in [4.69, 9.17) is 0 Å². The first-order valence-corrected chi connectivity index (χ1v) is 8.11. The summed E-state index contributed by atoms with van der Waals surface area (Å²) >= 11 is 0. The second-order valence-corrected chi connectivity index (χ2v) is 6.19. The third-order valence-corrected chi connectivity index (χ3v) is 4.18. The summed E-state index contributed by atoms with van der Waals surface area (Å²) in [4.78, 5) is 12.7. The number of hydrogen-bond acceptors (Lipinski definition) is 3. The number of H-pyrrole nitrogens is 1. The number of nitrogens with zero attached hydrogens (tertiary/aromatic N) is 2. The topological polar surface area (TPSA) is 58.6 Å². The van der Waals surface area contributed by atoms with Crippen LogP contribution in [0.1, 0.15) is 5.69 Å². The van der Waals surface area contributed by atoms with Crippen molar-refractivity contribution in [2.75, 3.05) is 6.26 Å². The molecule has 106 valence electrons. The number of aromatic amines is 1. The summed E-state index contributed by atoms with van der Waals surface area (Å²) in [5.41, 5.74) is 3.93. The molecule has 0 saturated heterocycles. The molecular weight excluding hydrogens is 282 g/mol. The Labute approximate surface area is 125 Å². The van der Waals surface area contributed by atoms with Crippen molar-refractivity contribution >= 4 is 10.8 Å². The van der Waals surface area contributed by atoms with E-state index in [2.05, 4.69) is 15.0 Å². The summed E-state index contributed by atoms with van der Waals surface area (Å²) in [7, 11) is -0.954. The van der Waals surface area contributed by atoms with E-state index in [-0.39, 0.29) is 0 Å². The summed E-state index contributed by atoms with van der Waals surface area (Å²) in [5, 5.41) is 0. The number of nitrogens with one attached hydrogen (secondary N) is 1. The summed E-state index contributed by atoms with van der Waals surface area (Å²) in [6.07, 6.45) is 5.26. The van der Waals surface area contributed by atoms with E-state index < -0.39 is 10.8 Å². The van der Waals surface area contributed by atoms with Crippen LogP contribution in [0.5, 0.6) is 0 Å². The lowest BCUT2D eigenvalue weighted by atomic mass is 10.2. The molecule has 0 saturated carbocycles. The normalized spacial score (nSPS) is 12.3. The van der Waals surface area contributed by atoms with Gasteiger partial charge in [-0.05, 0) is 36.8 Å². The molecule has 0 amide bonds. The Hall–Kier alpha value is -2.27. The van der Waals surface area contributed by atoms with Crippen molar-refractivity contribution in [1.82, 2.24) is 15.0 Å². The Bertz CT molecular complexity index is 793. The van der Waals surface area contributed by atoms with E-state index in [0.717, 1.165) is 33.2 Å². The molecule has 0 bridgehead atoms. The standard InChI is InChI=1S/C16H15N3OS/c1-11-9-13(7-8-17-11)16-18-10-15(19-16)12-3-5-14(6-4-12)21(2)20/h3-10H,1-2H3,(H,18,19). The zero-order valence-corrected chi connectivity index (χ0v) is 12.6. The van der Waals surface area contributed by atoms with Crippen LogP contribution in [0.2, 0.25) is 0 Å². The van der Waals surface area contributed by atoms with Crippen LogP contribution in [0.25, 0.3) is 22.6 Å². The first-order valence-electron chi connectivity index (χ1n) is 6.55. The van der Waals surface area contributed by atoms with Gasteiger partial charge in [0, 0.05) is 39.4 Å². The van der Waals surface area contributed by atoms with Crippen molar-refractivity contribution in [3.05, 3.63) is 54.5 Å². The lowest BCUT2D eigenvalue weighted by Crippen LogP contribution is -1.87. The molecule has 1 aromatic carbocycles. The van der Waals surface area contributed by atoms with Gasteiger partial charge in [-0.15, -0.1) is 0 Å². The van der Waals surface area contributed by atoms with Crippen molar-refractivity contribution < 1.29 is 4.21 Å². The van der Waals surface area contributed by atoms with Gasteiger partial charge in [0.2, 0.25) is 0 Å². The minimum absolute atomic E-state index is 0.818. The van der Waals surface area contributed by atoms with Gasteiger partial charge in [-0.25, -0.2) is 4.98 Å². The second-order valence-electron chi connectivity index (χ2n) is 4.81. The average molecular weight is 297 g/mol. The molecule has 0 aliphatic carbocycles. The predicted molar refractivity (Wildman–Crippen MR) is 84.3 cm³/mol. The fourth-order valence-corrected chi connectivity index (χ4v) is 2.65. The number of pyridine rings is 1. The molecule has 1 atom stereocenters. The van der Waals surface area contributed by atoms with Crippen molar-refractivity contribution in [2.45, 2.75) is 11.8 Å². The lowest BCUT2D eigenvalue weighted by Gasteiger charge is -2.00. The number of benzene rings is 1. The molecule has 1 N–H and O–H groups in total. The van der Waals surface area contributed by atoms with Gasteiger partial charge in [0.05, 0.1) is 11.9 Å². The van der Waals surface area contributed by atoms with Crippen LogP contribution in [0.3, 0.4) is 0 Å². The first kappa shape index (κ1) is 13.7. The van der Waals surface area contributed by atoms with Crippen LogP contribution < -0.4 is 0 Å². The highest BCUT2D eigenvalue weighted by Gasteiger charge is 2.06. The third kappa shape index (κ3) is 2.92. The molecule has 0 aliphatic rings. The summed E-state index contributed by atoms with van der Waals surface area (Å²) in [5.74, 6) is 0.818. The van der Waals surface area contributed by atoms with E-state index in [1.807, 2.05) is 49.5 Å². The zero-order valence-electron chi connectivity index (χ0n) is 11.8. The SMILES string of the molecule is Cc1cc(-c2ncc(-c3ccc(S(C)=O)cc3)[nH]2)ccn1. The van der Waals surface area contributed by atoms with Gasteiger partial charge in [0.25, 0.3) is 0 Å². The van der Waals surface area contributed by atoms with Crippen molar-refractivity contribution in [2.24, 2.45) is 0 Å². The van der Waals surface area contributed by atoms with Crippen LogP contribution in [0.4, 0.5) is 0 Å². The van der Waals surface area contributed by atoms with Crippen LogP contribution >= 0.6 is 0 Å². The van der Waals surface area contributed by atoms with Gasteiger partial charge in [-0.3, -0.25) is 9.19 Å². The van der Waals surface area contributed by atoms with Crippen LogP contribution in [0.15, 0.2) is 53.7 Å². The highest BCUT2D eigenvalue weighted by atomic mass is 32.2. The Morgan fingerprint density at radius 2 is 1.81 bits per heavy atom. The average Bonchev–Trinajstić information content (AvgIpc) is 2.97. The molecule has 5 heteroatoms. The predicted octanol–water partition coefficient (Wildman–Crippen LogP) is 3.18. The Balaban J connectivity index is 1.93. The monoisotopic (exact) mass is 297 g/mol. The Morgan fingerprint density at radius 3 is 2.48 bits per heavy atom. The number of imidazole rings is 1. The third-order valence-electron chi connectivity index (χ3n) is 3.24. The molecule has 2 heterocycles. The maximum atomic E-state index is 11.4. The molecule has 0 spiro atoms. The summed E-state index contributed by atoms with van der Waals surface area (Å²) < 4.78 is 11.4. The van der Waals surface area contributed by atoms with Crippen molar-refractivity contribution in [1.29, 1.82) is 0 Å². The largest absolute Gasteiger partial charge is 0.338 e. The highest BCUT2D eigenvalue weighted by Crippen LogP contribution is 2.23. The molecule has 3 rings (SSSR count). The lowest BCUT2D eigenvalue weighted by molar-refractivity contribution is 0.687. The van der Waals surface area contributed by atoms with E-state index in [1.165, 1.54) is 0 Å². The maximum Gasteiger partial charge on any atom is 0.137 e. The van der Waals surface area contributed by atoms with Gasteiger partial charge in [-0.1, -0.05) is 12.1 Å². The van der Waals surface area contributed by atoms with Crippen LogP contribution in [-0.2, 0) is 10.8 Å². The summed E-state index contributed by atoms with van der Waals surface area (Å²) in [6, 6.07) is 11.6. The minimum atomic E-state index is -0.954. The highest BCUT2D eigenvalue weighted by molar-refractivity contribution is 7.84. The second kappa shape index (κ2) is 5.61. The number of aromatic nitrogens is 3. The molecule has 0 aliphatic heterocycles. The van der Waals surface area contributed by atoms with Crippen molar-refractivity contribution in [3.8, 4) is 22.6 Å².